The standard InChI is InChI=1S/C13H19Cl2N/c1-4-13(2,3)12(16)8-9-10(14)6-5-7-11(9)15/h5-7,12H,4,8,16H2,1-3H3. The predicted octanol–water partition coefficient (Wildman–Crippen LogP) is 4.30. The minimum Gasteiger partial charge on any atom is -0.327 e. The Kier molecular flexibility index (Phi) is 4.66. The molecule has 0 radical (unpaired) electrons. The Morgan fingerprint density at radius 2 is 1.75 bits per heavy atom. The zero-order chi connectivity index (χ0) is 12.3. The Balaban J connectivity index is 2.89. The number of hydrogen-bond acceptors (Lipinski definition) is 1. The second-order valence-electron chi connectivity index (χ2n) is 4.85. The second kappa shape index (κ2) is 5.39. The first-order chi connectivity index (χ1) is 7.38. The summed E-state index contributed by atoms with van der Waals surface area (Å²) in [5.41, 5.74) is 7.27. The van der Waals surface area contributed by atoms with E-state index < -0.39 is 0 Å². The quantitative estimate of drug-likeness (QED) is 0.858. The monoisotopic (exact) mass is 259 g/mol. The number of benzene rings is 1. The van der Waals surface area contributed by atoms with Crippen LogP contribution in [0.1, 0.15) is 32.8 Å². The summed E-state index contributed by atoms with van der Waals surface area (Å²) < 4.78 is 0. The van der Waals surface area contributed by atoms with Crippen LogP contribution in [0.4, 0.5) is 0 Å². The van der Waals surface area contributed by atoms with E-state index >= 15 is 0 Å². The smallest absolute Gasteiger partial charge is 0.0453 e. The average Bonchev–Trinajstić information content (AvgIpc) is 2.23. The molecule has 0 aliphatic heterocycles. The summed E-state index contributed by atoms with van der Waals surface area (Å²) in [6.07, 6.45) is 1.76. The van der Waals surface area contributed by atoms with Gasteiger partial charge >= 0.3 is 0 Å². The Hall–Kier alpha value is -0.240. The van der Waals surface area contributed by atoms with Gasteiger partial charge in [-0.25, -0.2) is 0 Å². The first kappa shape index (κ1) is 13.8. The van der Waals surface area contributed by atoms with Crippen molar-refractivity contribution in [2.45, 2.75) is 39.7 Å². The zero-order valence-corrected chi connectivity index (χ0v) is 11.6. The molecule has 0 fully saturated rings. The van der Waals surface area contributed by atoms with Crippen LogP contribution in [0.15, 0.2) is 18.2 Å². The molecule has 0 amide bonds. The van der Waals surface area contributed by atoms with Gasteiger partial charge in [0.05, 0.1) is 0 Å². The summed E-state index contributed by atoms with van der Waals surface area (Å²) in [6.45, 7) is 6.49. The fraction of sp³-hybridized carbons (Fsp3) is 0.538. The van der Waals surface area contributed by atoms with Crippen molar-refractivity contribution < 1.29 is 0 Å². The molecule has 1 rings (SSSR count). The molecule has 0 aromatic heterocycles. The van der Waals surface area contributed by atoms with E-state index in [1.165, 1.54) is 0 Å². The number of rotatable bonds is 4. The van der Waals surface area contributed by atoms with Crippen LogP contribution in [0.2, 0.25) is 10.0 Å². The second-order valence-corrected chi connectivity index (χ2v) is 5.67. The molecule has 1 atom stereocenters. The number of halogens is 2. The first-order valence-electron chi connectivity index (χ1n) is 5.57. The third-order valence-corrected chi connectivity index (χ3v) is 4.11. The van der Waals surface area contributed by atoms with Crippen molar-refractivity contribution in [3.05, 3.63) is 33.8 Å². The molecule has 1 aromatic carbocycles. The van der Waals surface area contributed by atoms with Crippen LogP contribution in [0, 0.1) is 5.41 Å². The van der Waals surface area contributed by atoms with Crippen LogP contribution < -0.4 is 5.73 Å². The summed E-state index contributed by atoms with van der Waals surface area (Å²) in [5.74, 6) is 0. The highest BCUT2D eigenvalue weighted by Gasteiger charge is 2.25. The minimum atomic E-state index is 0.0647. The first-order valence-corrected chi connectivity index (χ1v) is 6.32. The van der Waals surface area contributed by atoms with Crippen molar-refractivity contribution in [3.63, 3.8) is 0 Å². The van der Waals surface area contributed by atoms with Gasteiger partial charge in [-0.3, -0.25) is 0 Å². The van der Waals surface area contributed by atoms with Gasteiger partial charge in [0.1, 0.15) is 0 Å². The number of nitrogens with two attached hydrogens (primary N) is 1. The summed E-state index contributed by atoms with van der Waals surface area (Å²) in [4.78, 5) is 0. The maximum atomic E-state index is 6.21. The largest absolute Gasteiger partial charge is 0.327 e. The highest BCUT2D eigenvalue weighted by molar-refractivity contribution is 6.36. The fourth-order valence-electron chi connectivity index (χ4n) is 1.49. The van der Waals surface area contributed by atoms with Gasteiger partial charge in [-0.05, 0) is 36.0 Å². The van der Waals surface area contributed by atoms with Crippen molar-refractivity contribution in [1.82, 2.24) is 0 Å². The van der Waals surface area contributed by atoms with E-state index in [4.69, 9.17) is 28.9 Å². The van der Waals surface area contributed by atoms with Gasteiger partial charge in [0.2, 0.25) is 0 Å². The molecule has 16 heavy (non-hydrogen) atoms. The molecule has 3 heteroatoms. The van der Waals surface area contributed by atoms with Gasteiger partial charge in [-0.15, -0.1) is 0 Å². The van der Waals surface area contributed by atoms with E-state index in [-0.39, 0.29) is 11.5 Å². The minimum absolute atomic E-state index is 0.0647. The van der Waals surface area contributed by atoms with Gasteiger partial charge in [0.25, 0.3) is 0 Å². The molecule has 2 N–H and O–H groups in total. The van der Waals surface area contributed by atoms with Crippen LogP contribution in [-0.2, 0) is 6.42 Å². The third-order valence-electron chi connectivity index (χ3n) is 3.40. The van der Waals surface area contributed by atoms with E-state index in [9.17, 15) is 0 Å². The van der Waals surface area contributed by atoms with Crippen molar-refractivity contribution in [3.8, 4) is 0 Å². The zero-order valence-electron chi connectivity index (χ0n) is 10.1. The molecule has 1 nitrogen and oxygen atoms in total. The third kappa shape index (κ3) is 3.13. The molecule has 1 unspecified atom stereocenters. The average molecular weight is 260 g/mol. The molecule has 0 saturated carbocycles. The lowest BCUT2D eigenvalue weighted by Gasteiger charge is -2.31. The molecule has 0 bridgehead atoms. The van der Waals surface area contributed by atoms with Crippen LogP contribution in [0.5, 0.6) is 0 Å². The van der Waals surface area contributed by atoms with Crippen LogP contribution in [0.3, 0.4) is 0 Å². The lowest BCUT2D eigenvalue weighted by Crippen LogP contribution is -2.38. The maximum absolute atomic E-state index is 6.21. The lowest BCUT2D eigenvalue weighted by molar-refractivity contribution is 0.273. The highest BCUT2D eigenvalue weighted by Crippen LogP contribution is 2.31. The van der Waals surface area contributed by atoms with E-state index in [1.54, 1.807) is 0 Å². The van der Waals surface area contributed by atoms with E-state index in [0.717, 1.165) is 18.4 Å². The Morgan fingerprint density at radius 1 is 1.25 bits per heavy atom. The van der Waals surface area contributed by atoms with E-state index in [0.29, 0.717) is 10.0 Å². The number of hydrogen-bond donors (Lipinski definition) is 1. The van der Waals surface area contributed by atoms with Crippen LogP contribution in [-0.4, -0.2) is 6.04 Å². The highest BCUT2D eigenvalue weighted by atomic mass is 35.5. The van der Waals surface area contributed by atoms with Crippen LogP contribution in [0.25, 0.3) is 0 Å². The normalized spacial score (nSPS) is 13.9. The molecule has 0 saturated heterocycles. The molecule has 0 aliphatic rings. The van der Waals surface area contributed by atoms with Crippen molar-refractivity contribution in [1.29, 1.82) is 0 Å². The fourth-order valence-corrected chi connectivity index (χ4v) is 2.04. The van der Waals surface area contributed by atoms with E-state index in [1.807, 2.05) is 18.2 Å². The summed E-state index contributed by atoms with van der Waals surface area (Å²) in [6, 6.07) is 5.63. The van der Waals surface area contributed by atoms with Gasteiger partial charge in [-0.1, -0.05) is 50.0 Å². The lowest BCUT2D eigenvalue weighted by atomic mass is 9.79. The Labute approximate surface area is 108 Å². The summed E-state index contributed by atoms with van der Waals surface area (Å²) >= 11 is 12.3. The molecular weight excluding hydrogens is 241 g/mol. The van der Waals surface area contributed by atoms with Gasteiger partial charge in [-0.2, -0.15) is 0 Å². The molecule has 0 aliphatic carbocycles. The molecule has 1 aromatic rings. The topological polar surface area (TPSA) is 26.0 Å². The predicted molar refractivity (Wildman–Crippen MR) is 72.2 cm³/mol. The van der Waals surface area contributed by atoms with Crippen molar-refractivity contribution >= 4 is 23.2 Å². The van der Waals surface area contributed by atoms with Crippen LogP contribution >= 0.6 is 23.2 Å². The summed E-state index contributed by atoms with van der Waals surface area (Å²) in [7, 11) is 0. The maximum Gasteiger partial charge on any atom is 0.0453 e. The van der Waals surface area contributed by atoms with Crippen molar-refractivity contribution in [2.75, 3.05) is 0 Å². The molecule has 0 heterocycles. The SMILES string of the molecule is CCC(C)(C)C(N)Cc1c(Cl)cccc1Cl. The molecule has 90 valence electrons. The van der Waals surface area contributed by atoms with Gasteiger partial charge in [0, 0.05) is 16.1 Å². The molecular formula is C13H19Cl2N. The Morgan fingerprint density at radius 3 is 2.19 bits per heavy atom. The van der Waals surface area contributed by atoms with Crippen molar-refractivity contribution in [2.24, 2.45) is 11.1 Å². The summed E-state index contributed by atoms with van der Waals surface area (Å²) in [5, 5.41) is 1.41. The Bertz CT molecular complexity index is 341. The van der Waals surface area contributed by atoms with Gasteiger partial charge < -0.3 is 5.73 Å². The van der Waals surface area contributed by atoms with E-state index in [2.05, 4.69) is 20.8 Å². The van der Waals surface area contributed by atoms with Gasteiger partial charge in [0.15, 0.2) is 0 Å². The molecule has 0 spiro atoms.